The molecule has 5 nitrogen and oxygen atoms in total. The van der Waals surface area contributed by atoms with Crippen molar-refractivity contribution in [2.75, 3.05) is 24.6 Å². The number of piperidine rings is 1. The molecule has 3 rings (SSSR count). The Labute approximate surface area is 131 Å². The van der Waals surface area contributed by atoms with Crippen LogP contribution in [0.15, 0.2) is 36.5 Å². The Bertz CT molecular complexity index is 606. The minimum absolute atomic E-state index is 0.239. The summed E-state index contributed by atoms with van der Waals surface area (Å²) < 4.78 is 0. The highest BCUT2D eigenvalue weighted by molar-refractivity contribution is 5.41. The van der Waals surface area contributed by atoms with E-state index in [1.54, 1.807) is 6.20 Å². The summed E-state index contributed by atoms with van der Waals surface area (Å²) in [6.45, 7) is 3.01. The normalized spacial score (nSPS) is 16.7. The van der Waals surface area contributed by atoms with E-state index in [4.69, 9.17) is 11.5 Å². The Hall–Kier alpha value is -2.14. The van der Waals surface area contributed by atoms with Crippen LogP contribution in [0.4, 0.5) is 11.8 Å². The molecule has 0 saturated carbocycles. The minimum Gasteiger partial charge on any atom is -0.383 e. The lowest BCUT2D eigenvalue weighted by atomic mass is 9.90. The number of rotatable bonds is 4. The molecule has 0 unspecified atom stereocenters. The second-order valence-electron chi connectivity index (χ2n) is 6.05. The summed E-state index contributed by atoms with van der Waals surface area (Å²) in [5.74, 6) is 1.51. The van der Waals surface area contributed by atoms with Gasteiger partial charge in [0.2, 0.25) is 5.95 Å². The second kappa shape index (κ2) is 6.75. The lowest BCUT2D eigenvalue weighted by Crippen LogP contribution is -2.34. The van der Waals surface area contributed by atoms with Crippen LogP contribution >= 0.6 is 0 Å². The number of nitrogens with zero attached hydrogens (tertiary/aromatic N) is 3. The number of nitrogens with two attached hydrogens (primary N) is 2. The van der Waals surface area contributed by atoms with Gasteiger partial charge in [0.15, 0.2) is 0 Å². The molecule has 1 fully saturated rings. The van der Waals surface area contributed by atoms with Crippen LogP contribution in [0, 0.1) is 5.92 Å². The maximum absolute atomic E-state index is 5.91. The second-order valence-corrected chi connectivity index (χ2v) is 6.05. The van der Waals surface area contributed by atoms with Gasteiger partial charge in [-0.15, -0.1) is 0 Å². The van der Waals surface area contributed by atoms with E-state index in [0.29, 0.717) is 5.82 Å². The number of likely N-dealkylation sites (tertiary alicyclic amines) is 1. The molecule has 5 heteroatoms. The molecule has 0 spiro atoms. The Morgan fingerprint density at radius 1 is 1.09 bits per heavy atom. The van der Waals surface area contributed by atoms with Gasteiger partial charge in [0.1, 0.15) is 5.82 Å². The fraction of sp³-hybridized carbons (Fsp3) is 0.412. The van der Waals surface area contributed by atoms with Gasteiger partial charge in [0.25, 0.3) is 0 Å². The summed E-state index contributed by atoms with van der Waals surface area (Å²) in [5, 5.41) is 0. The van der Waals surface area contributed by atoms with Crippen LogP contribution in [0.5, 0.6) is 0 Å². The quantitative estimate of drug-likeness (QED) is 0.903. The van der Waals surface area contributed by atoms with Gasteiger partial charge in [-0.05, 0) is 43.8 Å². The number of hydrogen-bond donors (Lipinski definition) is 2. The van der Waals surface area contributed by atoms with E-state index in [2.05, 4.69) is 45.2 Å². The van der Waals surface area contributed by atoms with Crippen molar-refractivity contribution < 1.29 is 0 Å². The summed E-state index contributed by atoms with van der Waals surface area (Å²) in [7, 11) is 0. The van der Waals surface area contributed by atoms with E-state index in [-0.39, 0.29) is 5.95 Å². The molecular formula is C17H23N5. The van der Waals surface area contributed by atoms with E-state index in [0.717, 1.165) is 31.1 Å². The van der Waals surface area contributed by atoms with Crippen LogP contribution in [-0.4, -0.2) is 28.0 Å². The highest BCUT2D eigenvalue weighted by Gasteiger charge is 2.20. The topological polar surface area (TPSA) is 81.1 Å². The maximum Gasteiger partial charge on any atom is 0.221 e. The standard InChI is InChI=1S/C17H23N5/c18-16-15(11-20-17(19)21-16)12-22-8-6-14(7-9-22)10-13-4-2-1-3-5-13/h1-5,11,14H,6-10,12H2,(H4,18,19,20,21). The summed E-state index contributed by atoms with van der Waals surface area (Å²) >= 11 is 0. The van der Waals surface area contributed by atoms with Gasteiger partial charge in [0.05, 0.1) is 0 Å². The van der Waals surface area contributed by atoms with Crippen molar-refractivity contribution in [1.82, 2.24) is 14.9 Å². The summed E-state index contributed by atoms with van der Waals surface area (Å²) in [4.78, 5) is 10.5. The largest absolute Gasteiger partial charge is 0.383 e. The van der Waals surface area contributed by atoms with Gasteiger partial charge >= 0.3 is 0 Å². The summed E-state index contributed by atoms with van der Waals surface area (Å²) in [6.07, 6.45) is 5.38. The Balaban J connectivity index is 1.51. The third kappa shape index (κ3) is 3.74. The third-order valence-electron chi connectivity index (χ3n) is 4.38. The van der Waals surface area contributed by atoms with Crippen molar-refractivity contribution in [1.29, 1.82) is 0 Å². The molecule has 1 aliphatic heterocycles. The van der Waals surface area contributed by atoms with E-state index >= 15 is 0 Å². The zero-order valence-electron chi connectivity index (χ0n) is 12.8. The molecule has 1 aliphatic rings. The van der Waals surface area contributed by atoms with E-state index < -0.39 is 0 Å². The first-order chi connectivity index (χ1) is 10.7. The SMILES string of the molecule is Nc1ncc(CN2CCC(Cc3ccccc3)CC2)c(N)n1. The van der Waals surface area contributed by atoms with Gasteiger partial charge in [-0.3, -0.25) is 4.90 Å². The minimum atomic E-state index is 0.239. The number of nitrogen functional groups attached to an aromatic ring is 2. The van der Waals surface area contributed by atoms with Gasteiger partial charge < -0.3 is 11.5 Å². The number of aromatic nitrogens is 2. The van der Waals surface area contributed by atoms with Gasteiger partial charge in [-0.2, -0.15) is 4.98 Å². The molecule has 4 N–H and O–H groups in total. The molecule has 2 aromatic rings. The van der Waals surface area contributed by atoms with Crippen LogP contribution in [-0.2, 0) is 13.0 Å². The molecule has 0 bridgehead atoms. The first kappa shape index (κ1) is 14.8. The molecule has 2 heterocycles. The van der Waals surface area contributed by atoms with E-state index in [1.165, 1.54) is 24.8 Å². The van der Waals surface area contributed by atoms with Gasteiger partial charge in [0, 0.05) is 18.3 Å². The predicted octanol–water partition coefficient (Wildman–Crippen LogP) is 2.10. The summed E-state index contributed by atoms with van der Waals surface area (Å²) in [6, 6.07) is 10.8. The number of anilines is 2. The van der Waals surface area contributed by atoms with E-state index in [1.807, 2.05) is 0 Å². The first-order valence-corrected chi connectivity index (χ1v) is 7.84. The fourth-order valence-corrected chi connectivity index (χ4v) is 3.09. The zero-order chi connectivity index (χ0) is 15.4. The van der Waals surface area contributed by atoms with Crippen LogP contribution in [0.2, 0.25) is 0 Å². The van der Waals surface area contributed by atoms with Crippen molar-refractivity contribution in [2.45, 2.75) is 25.8 Å². The molecule has 116 valence electrons. The summed E-state index contributed by atoms with van der Waals surface area (Å²) in [5.41, 5.74) is 13.9. The third-order valence-corrected chi connectivity index (χ3v) is 4.38. The van der Waals surface area contributed by atoms with Crippen molar-refractivity contribution in [3.63, 3.8) is 0 Å². The fourth-order valence-electron chi connectivity index (χ4n) is 3.09. The lowest BCUT2D eigenvalue weighted by molar-refractivity contribution is 0.177. The smallest absolute Gasteiger partial charge is 0.221 e. The first-order valence-electron chi connectivity index (χ1n) is 7.84. The lowest BCUT2D eigenvalue weighted by Gasteiger charge is -2.32. The van der Waals surface area contributed by atoms with Crippen molar-refractivity contribution in [2.24, 2.45) is 5.92 Å². The Kier molecular flexibility index (Phi) is 4.53. The average Bonchev–Trinajstić information content (AvgIpc) is 2.53. The number of benzene rings is 1. The van der Waals surface area contributed by atoms with Crippen molar-refractivity contribution in [3.05, 3.63) is 47.7 Å². The molecule has 0 aliphatic carbocycles. The van der Waals surface area contributed by atoms with Gasteiger partial charge in [-0.25, -0.2) is 4.98 Å². The van der Waals surface area contributed by atoms with Crippen molar-refractivity contribution in [3.8, 4) is 0 Å². The molecule has 1 aromatic heterocycles. The van der Waals surface area contributed by atoms with Crippen molar-refractivity contribution >= 4 is 11.8 Å². The average molecular weight is 297 g/mol. The van der Waals surface area contributed by atoms with E-state index in [9.17, 15) is 0 Å². The molecular weight excluding hydrogens is 274 g/mol. The molecule has 0 amide bonds. The van der Waals surface area contributed by atoms with Crippen LogP contribution in [0.25, 0.3) is 0 Å². The molecule has 22 heavy (non-hydrogen) atoms. The van der Waals surface area contributed by atoms with Gasteiger partial charge in [-0.1, -0.05) is 30.3 Å². The molecule has 1 aromatic carbocycles. The maximum atomic E-state index is 5.91. The highest BCUT2D eigenvalue weighted by atomic mass is 15.1. The predicted molar refractivity (Wildman–Crippen MR) is 89.0 cm³/mol. The molecule has 1 saturated heterocycles. The van der Waals surface area contributed by atoms with Crippen LogP contribution in [0.1, 0.15) is 24.0 Å². The monoisotopic (exact) mass is 297 g/mol. The Morgan fingerprint density at radius 2 is 1.82 bits per heavy atom. The Morgan fingerprint density at radius 3 is 2.50 bits per heavy atom. The zero-order valence-corrected chi connectivity index (χ0v) is 12.8. The molecule has 0 atom stereocenters. The number of hydrogen-bond acceptors (Lipinski definition) is 5. The molecule has 0 radical (unpaired) electrons. The van der Waals surface area contributed by atoms with Crippen LogP contribution in [0.3, 0.4) is 0 Å². The highest BCUT2D eigenvalue weighted by Crippen LogP contribution is 2.23. The van der Waals surface area contributed by atoms with Crippen LogP contribution < -0.4 is 11.5 Å².